The molecule has 4 nitrogen and oxygen atoms in total. The van der Waals surface area contributed by atoms with E-state index in [0.29, 0.717) is 11.4 Å². The topological polar surface area (TPSA) is 41.9 Å². The quantitative estimate of drug-likeness (QED) is 0.259. The molecule has 2 aliphatic rings. The molecular formula is C22H31IN2O2SeSi. The average Bonchev–Trinajstić information content (AvgIpc) is 2.94. The zero-order valence-corrected chi connectivity index (χ0v) is 23.0. The maximum absolute atomic E-state index is 13.2. The number of carbonyl (C=O) groups excluding carboxylic acids is 1. The zero-order chi connectivity index (χ0) is 21.6. The maximum atomic E-state index is 13.2. The summed E-state index contributed by atoms with van der Waals surface area (Å²) in [5.41, 5.74) is 1.17. The van der Waals surface area contributed by atoms with Crippen molar-refractivity contribution < 1.29 is 9.22 Å². The third-order valence-corrected chi connectivity index (χ3v) is 15.3. The second-order valence-corrected chi connectivity index (χ2v) is 17.8. The summed E-state index contributed by atoms with van der Waals surface area (Å²) in [4.78, 5) is 20.3. The summed E-state index contributed by atoms with van der Waals surface area (Å²) >= 11 is 2.46. The van der Waals surface area contributed by atoms with Crippen molar-refractivity contribution in [3.05, 3.63) is 46.1 Å². The van der Waals surface area contributed by atoms with Gasteiger partial charge >= 0.3 is 197 Å². The molecular weight excluding hydrogens is 558 g/mol. The first-order valence-electron chi connectivity index (χ1n) is 10.0. The fourth-order valence-electron chi connectivity index (χ4n) is 3.62. The summed E-state index contributed by atoms with van der Waals surface area (Å²) in [6.07, 6.45) is -0.0767. The summed E-state index contributed by atoms with van der Waals surface area (Å²) in [7, 11) is -1.93. The van der Waals surface area contributed by atoms with Crippen molar-refractivity contribution in [3.63, 3.8) is 0 Å². The number of carbonyl (C=O) groups is 1. The Bertz CT molecular complexity index is 822. The van der Waals surface area contributed by atoms with E-state index in [2.05, 4.69) is 82.1 Å². The molecule has 0 aromatic heterocycles. The van der Waals surface area contributed by atoms with Crippen LogP contribution in [0.2, 0.25) is 22.9 Å². The standard InChI is InChI=1S/C22H31IN2O2SeSi/c1-14(23)19-18-17(15(2)27-29(6,7)22(3,4)5)20(26)25(18)21(28-19)24-13-16-11-9-8-10-12-16/h8-12,15,17-19H,1,13H2,2-7H3/t15-,17-,18+,19?/m1/s1. The Hall–Kier alpha value is -0.474. The molecule has 158 valence electrons. The Balaban J connectivity index is 1.79. The van der Waals surface area contributed by atoms with Crippen LogP contribution in [-0.2, 0) is 15.8 Å². The summed E-state index contributed by atoms with van der Waals surface area (Å²) in [5.74, 6) is 0.0852. The third kappa shape index (κ3) is 4.59. The minimum atomic E-state index is -1.93. The first-order chi connectivity index (χ1) is 13.4. The van der Waals surface area contributed by atoms with Crippen molar-refractivity contribution in [1.82, 2.24) is 4.90 Å². The number of rotatable bonds is 6. The number of hydrogen-bond donors (Lipinski definition) is 0. The van der Waals surface area contributed by atoms with Gasteiger partial charge in [0, 0.05) is 0 Å². The second-order valence-electron chi connectivity index (χ2n) is 9.38. The van der Waals surface area contributed by atoms with E-state index in [-0.39, 0.29) is 44.0 Å². The van der Waals surface area contributed by atoms with E-state index in [0.717, 1.165) is 8.31 Å². The first-order valence-corrected chi connectivity index (χ1v) is 15.9. The molecule has 2 heterocycles. The fraction of sp³-hybridized carbons (Fsp3) is 0.545. The van der Waals surface area contributed by atoms with Crippen molar-refractivity contribution in [3.8, 4) is 0 Å². The normalized spacial score (nSPS) is 27.0. The van der Waals surface area contributed by atoms with E-state index < -0.39 is 8.32 Å². The molecule has 1 aromatic carbocycles. The molecule has 2 aliphatic heterocycles. The van der Waals surface area contributed by atoms with Gasteiger partial charge in [-0.2, -0.15) is 0 Å². The monoisotopic (exact) mass is 590 g/mol. The summed E-state index contributed by atoms with van der Waals surface area (Å²) in [6.45, 7) is 18.1. The molecule has 0 N–H and O–H groups in total. The molecule has 1 amide bonds. The van der Waals surface area contributed by atoms with E-state index in [9.17, 15) is 4.79 Å². The van der Waals surface area contributed by atoms with Crippen molar-refractivity contribution in [2.45, 2.75) is 69.3 Å². The molecule has 0 spiro atoms. The molecule has 4 atom stereocenters. The molecule has 1 unspecified atom stereocenters. The van der Waals surface area contributed by atoms with Crippen LogP contribution in [0.25, 0.3) is 0 Å². The van der Waals surface area contributed by atoms with Gasteiger partial charge in [0.15, 0.2) is 0 Å². The number of β-lactam (4-membered cyclic amide) rings is 1. The SMILES string of the molecule is C=C(I)C1[Se]C(=NCc2ccccc2)N2C(=O)[C@H]([C@@H](C)O[Si](C)(C)C(C)(C)C)[C@@H]12. The first kappa shape index (κ1) is 23.2. The van der Waals surface area contributed by atoms with Gasteiger partial charge in [-0.15, -0.1) is 0 Å². The van der Waals surface area contributed by atoms with Crippen LogP contribution in [-0.4, -0.2) is 51.0 Å². The second kappa shape index (κ2) is 8.58. The van der Waals surface area contributed by atoms with Crippen molar-refractivity contribution in [2.75, 3.05) is 0 Å². The van der Waals surface area contributed by atoms with Gasteiger partial charge in [0.1, 0.15) is 0 Å². The van der Waals surface area contributed by atoms with E-state index in [1.54, 1.807) is 0 Å². The van der Waals surface area contributed by atoms with E-state index >= 15 is 0 Å². The summed E-state index contributed by atoms with van der Waals surface area (Å²) in [6, 6.07) is 10.4. The van der Waals surface area contributed by atoms with Gasteiger partial charge in [-0.3, -0.25) is 0 Å². The Morgan fingerprint density at radius 3 is 2.52 bits per heavy atom. The van der Waals surface area contributed by atoms with Crippen LogP contribution in [0, 0.1) is 5.92 Å². The number of halogens is 1. The Kier molecular flexibility index (Phi) is 6.86. The van der Waals surface area contributed by atoms with Gasteiger partial charge in [-0.05, 0) is 0 Å². The zero-order valence-electron chi connectivity index (χ0n) is 18.1. The van der Waals surface area contributed by atoms with E-state index in [1.165, 1.54) is 5.56 Å². The fourth-order valence-corrected chi connectivity index (χ4v) is 8.70. The molecule has 0 aliphatic carbocycles. The van der Waals surface area contributed by atoms with Crippen LogP contribution in [0.15, 0.2) is 45.5 Å². The Morgan fingerprint density at radius 1 is 1.34 bits per heavy atom. The molecule has 2 fully saturated rings. The van der Waals surface area contributed by atoms with Gasteiger partial charge in [-0.1, -0.05) is 0 Å². The van der Waals surface area contributed by atoms with Crippen LogP contribution >= 0.6 is 22.6 Å². The van der Waals surface area contributed by atoms with Crippen LogP contribution in [0.5, 0.6) is 0 Å². The molecule has 2 saturated heterocycles. The van der Waals surface area contributed by atoms with Crippen LogP contribution in [0.1, 0.15) is 33.3 Å². The predicted molar refractivity (Wildman–Crippen MR) is 132 cm³/mol. The third-order valence-electron chi connectivity index (χ3n) is 6.28. The molecule has 29 heavy (non-hydrogen) atoms. The van der Waals surface area contributed by atoms with Crippen molar-refractivity contribution >= 4 is 56.5 Å². The van der Waals surface area contributed by atoms with Gasteiger partial charge in [0.25, 0.3) is 0 Å². The average molecular weight is 589 g/mol. The van der Waals surface area contributed by atoms with E-state index in [4.69, 9.17) is 9.42 Å². The van der Waals surface area contributed by atoms with Gasteiger partial charge in [0.2, 0.25) is 0 Å². The van der Waals surface area contributed by atoms with Crippen molar-refractivity contribution in [1.29, 1.82) is 0 Å². The predicted octanol–water partition coefficient (Wildman–Crippen LogP) is 5.23. The molecule has 0 radical (unpaired) electrons. The number of hydrogen-bond acceptors (Lipinski definition) is 3. The van der Waals surface area contributed by atoms with Crippen molar-refractivity contribution in [2.24, 2.45) is 10.9 Å². The van der Waals surface area contributed by atoms with Gasteiger partial charge < -0.3 is 0 Å². The van der Waals surface area contributed by atoms with E-state index in [1.807, 2.05) is 23.1 Å². The molecule has 7 heteroatoms. The van der Waals surface area contributed by atoms with Gasteiger partial charge in [-0.25, -0.2) is 0 Å². The van der Waals surface area contributed by atoms with Gasteiger partial charge in [0.05, 0.1) is 0 Å². The number of amidine groups is 1. The Morgan fingerprint density at radius 2 is 1.97 bits per heavy atom. The molecule has 3 rings (SSSR count). The number of aliphatic imine (C=N–C) groups is 1. The van der Waals surface area contributed by atoms with Crippen LogP contribution < -0.4 is 0 Å². The number of nitrogens with zero attached hydrogens (tertiary/aromatic N) is 2. The minimum absolute atomic E-state index is 0.0767. The summed E-state index contributed by atoms with van der Waals surface area (Å²) in [5, 5.41) is 0.127. The number of amides is 1. The molecule has 1 aromatic rings. The summed E-state index contributed by atoms with van der Waals surface area (Å²) < 4.78 is 8.70. The number of benzene rings is 1. The Labute approximate surface area is 196 Å². The number of fused-ring (bicyclic) bond motifs is 1. The molecule has 0 saturated carbocycles. The molecule has 0 bridgehead atoms. The van der Waals surface area contributed by atoms with Crippen LogP contribution in [0.4, 0.5) is 0 Å². The van der Waals surface area contributed by atoms with Crippen LogP contribution in [0.3, 0.4) is 0 Å².